The minimum absolute atomic E-state index is 0.584. The molecule has 2 heterocycles. The molecule has 88 valence electrons. The summed E-state index contributed by atoms with van der Waals surface area (Å²) in [6.07, 6.45) is 4.40. The minimum Gasteiger partial charge on any atom is -0.330 e. The van der Waals surface area contributed by atoms with Crippen LogP contribution in [0.2, 0.25) is 0 Å². The van der Waals surface area contributed by atoms with E-state index in [0.717, 1.165) is 18.8 Å². The summed E-state index contributed by atoms with van der Waals surface area (Å²) in [7, 11) is 0. The van der Waals surface area contributed by atoms with Crippen molar-refractivity contribution < 1.29 is 0 Å². The summed E-state index contributed by atoms with van der Waals surface area (Å²) >= 11 is 0. The molecular weight excluding hydrogens is 198 g/mol. The smallest absolute Gasteiger partial charge is 0.0544 e. The fourth-order valence-electron chi connectivity index (χ4n) is 2.54. The third-order valence-corrected chi connectivity index (χ3v) is 3.67. The number of rotatable bonds is 3. The molecule has 0 amide bonds. The first-order chi connectivity index (χ1) is 7.81. The van der Waals surface area contributed by atoms with Crippen LogP contribution in [0.25, 0.3) is 0 Å². The summed E-state index contributed by atoms with van der Waals surface area (Å²) in [5.41, 5.74) is 6.97. The number of piperidine rings is 1. The number of likely N-dealkylation sites (tertiary alicyclic amines) is 1. The Kier molecular flexibility index (Phi) is 3.91. The van der Waals surface area contributed by atoms with Crippen LogP contribution < -0.4 is 5.73 Å². The molecule has 1 aliphatic rings. The molecule has 0 saturated carbocycles. The average molecular weight is 219 g/mol. The summed E-state index contributed by atoms with van der Waals surface area (Å²) in [5, 5.41) is 0. The Labute approximate surface area is 97.7 Å². The maximum Gasteiger partial charge on any atom is 0.0544 e. The molecule has 0 bridgehead atoms. The monoisotopic (exact) mass is 219 g/mol. The highest BCUT2D eigenvalue weighted by molar-refractivity contribution is 5.04. The first kappa shape index (κ1) is 11.6. The van der Waals surface area contributed by atoms with Crippen molar-refractivity contribution >= 4 is 0 Å². The molecule has 0 spiro atoms. The van der Waals surface area contributed by atoms with Gasteiger partial charge < -0.3 is 5.73 Å². The lowest BCUT2D eigenvalue weighted by atomic mass is 9.90. The highest BCUT2D eigenvalue weighted by Crippen LogP contribution is 2.23. The zero-order chi connectivity index (χ0) is 11.4. The number of hydrogen-bond acceptors (Lipinski definition) is 3. The van der Waals surface area contributed by atoms with E-state index in [2.05, 4.69) is 28.9 Å². The van der Waals surface area contributed by atoms with E-state index in [0.29, 0.717) is 12.0 Å². The number of nitrogens with zero attached hydrogens (tertiary/aromatic N) is 2. The average Bonchev–Trinajstić information content (AvgIpc) is 2.33. The Morgan fingerprint density at radius 1 is 1.50 bits per heavy atom. The number of hydrogen-bond donors (Lipinski definition) is 1. The summed E-state index contributed by atoms with van der Waals surface area (Å²) in [6.45, 7) is 5.23. The van der Waals surface area contributed by atoms with Crippen LogP contribution in [0.4, 0.5) is 0 Å². The predicted molar refractivity (Wildman–Crippen MR) is 65.9 cm³/mol. The summed E-state index contributed by atoms with van der Waals surface area (Å²) in [4.78, 5) is 6.89. The van der Waals surface area contributed by atoms with Crippen LogP contribution in [0.5, 0.6) is 0 Å². The van der Waals surface area contributed by atoms with E-state index in [1.165, 1.54) is 19.4 Å². The van der Waals surface area contributed by atoms with Crippen molar-refractivity contribution in [2.45, 2.75) is 32.4 Å². The van der Waals surface area contributed by atoms with Crippen LogP contribution in [0.3, 0.4) is 0 Å². The van der Waals surface area contributed by atoms with E-state index in [1.54, 1.807) is 0 Å². The molecule has 3 nitrogen and oxygen atoms in total. The lowest BCUT2D eigenvalue weighted by molar-refractivity contribution is 0.100. The van der Waals surface area contributed by atoms with Crippen LogP contribution in [-0.4, -0.2) is 29.0 Å². The molecule has 2 rings (SSSR count). The molecule has 0 radical (unpaired) electrons. The lowest BCUT2D eigenvalue weighted by Gasteiger charge is -2.38. The van der Waals surface area contributed by atoms with Crippen molar-refractivity contribution in [2.24, 2.45) is 11.7 Å². The van der Waals surface area contributed by atoms with Crippen molar-refractivity contribution in [1.29, 1.82) is 0 Å². The Bertz CT molecular complexity index is 312. The predicted octanol–water partition coefficient (Wildman–Crippen LogP) is 1.64. The normalized spacial score (nSPS) is 26.9. The molecule has 1 aromatic heterocycles. The van der Waals surface area contributed by atoms with Gasteiger partial charge in [0, 0.05) is 18.8 Å². The summed E-state index contributed by atoms with van der Waals surface area (Å²) in [5.74, 6) is 0.650. The SMILES string of the molecule is C[C@@H]1[C@@H](CN)CCCN1Cc1ccccn1. The standard InChI is InChI=1S/C13H21N3/c1-11-12(9-14)5-4-8-16(11)10-13-6-2-3-7-15-13/h2-3,6-7,11-12H,4-5,8-10,14H2,1H3/t11-,12-/m1/s1. The fraction of sp³-hybridized carbons (Fsp3) is 0.615. The van der Waals surface area contributed by atoms with Crippen molar-refractivity contribution in [1.82, 2.24) is 9.88 Å². The van der Waals surface area contributed by atoms with Gasteiger partial charge in [-0.1, -0.05) is 6.07 Å². The van der Waals surface area contributed by atoms with Gasteiger partial charge in [-0.05, 0) is 50.9 Å². The lowest BCUT2D eigenvalue weighted by Crippen LogP contribution is -2.45. The van der Waals surface area contributed by atoms with E-state index >= 15 is 0 Å². The van der Waals surface area contributed by atoms with Crippen molar-refractivity contribution in [3.05, 3.63) is 30.1 Å². The minimum atomic E-state index is 0.584. The molecule has 1 fully saturated rings. The quantitative estimate of drug-likeness (QED) is 0.840. The Hall–Kier alpha value is -0.930. The van der Waals surface area contributed by atoms with Gasteiger partial charge in [0.05, 0.1) is 5.69 Å². The molecule has 16 heavy (non-hydrogen) atoms. The van der Waals surface area contributed by atoms with Crippen molar-refractivity contribution in [3.63, 3.8) is 0 Å². The van der Waals surface area contributed by atoms with E-state index < -0.39 is 0 Å². The van der Waals surface area contributed by atoms with Gasteiger partial charge in [0.15, 0.2) is 0 Å². The van der Waals surface area contributed by atoms with Crippen LogP contribution in [-0.2, 0) is 6.54 Å². The molecule has 2 atom stereocenters. The Balaban J connectivity index is 1.99. The first-order valence-electron chi connectivity index (χ1n) is 6.15. The van der Waals surface area contributed by atoms with Crippen molar-refractivity contribution in [2.75, 3.05) is 13.1 Å². The van der Waals surface area contributed by atoms with Gasteiger partial charge in [0.25, 0.3) is 0 Å². The van der Waals surface area contributed by atoms with Crippen LogP contribution in [0.15, 0.2) is 24.4 Å². The van der Waals surface area contributed by atoms with Crippen LogP contribution >= 0.6 is 0 Å². The number of aromatic nitrogens is 1. The van der Waals surface area contributed by atoms with Gasteiger partial charge in [-0.25, -0.2) is 0 Å². The third kappa shape index (κ3) is 2.60. The van der Waals surface area contributed by atoms with Gasteiger partial charge in [-0.2, -0.15) is 0 Å². The van der Waals surface area contributed by atoms with Gasteiger partial charge in [0.2, 0.25) is 0 Å². The molecular formula is C13H21N3. The van der Waals surface area contributed by atoms with Crippen molar-refractivity contribution in [3.8, 4) is 0 Å². The molecule has 0 aliphatic carbocycles. The second-order valence-corrected chi connectivity index (χ2v) is 4.67. The van der Waals surface area contributed by atoms with Gasteiger partial charge in [-0.15, -0.1) is 0 Å². The fourth-order valence-corrected chi connectivity index (χ4v) is 2.54. The van der Waals surface area contributed by atoms with E-state index in [9.17, 15) is 0 Å². The maximum absolute atomic E-state index is 5.81. The number of pyridine rings is 1. The Morgan fingerprint density at radius 3 is 3.06 bits per heavy atom. The molecule has 3 heteroatoms. The van der Waals surface area contributed by atoms with Gasteiger partial charge >= 0.3 is 0 Å². The topological polar surface area (TPSA) is 42.1 Å². The molecule has 0 aromatic carbocycles. The molecule has 1 aliphatic heterocycles. The highest BCUT2D eigenvalue weighted by atomic mass is 15.2. The first-order valence-corrected chi connectivity index (χ1v) is 6.15. The molecule has 2 N–H and O–H groups in total. The van der Waals surface area contributed by atoms with E-state index in [4.69, 9.17) is 5.73 Å². The number of nitrogens with two attached hydrogens (primary N) is 1. The van der Waals surface area contributed by atoms with Crippen LogP contribution in [0.1, 0.15) is 25.5 Å². The van der Waals surface area contributed by atoms with E-state index in [-0.39, 0.29) is 0 Å². The second-order valence-electron chi connectivity index (χ2n) is 4.67. The largest absolute Gasteiger partial charge is 0.330 e. The highest BCUT2D eigenvalue weighted by Gasteiger charge is 2.26. The summed E-state index contributed by atoms with van der Waals surface area (Å²) in [6, 6.07) is 6.70. The second kappa shape index (κ2) is 5.41. The maximum atomic E-state index is 5.81. The molecule has 1 saturated heterocycles. The van der Waals surface area contributed by atoms with Gasteiger partial charge in [0.1, 0.15) is 0 Å². The Morgan fingerprint density at radius 2 is 2.38 bits per heavy atom. The van der Waals surface area contributed by atoms with Gasteiger partial charge in [-0.3, -0.25) is 9.88 Å². The summed E-state index contributed by atoms with van der Waals surface area (Å²) < 4.78 is 0. The molecule has 0 unspecified atom stereocenters. The zero-order valence-corrected chi connectivity index (χ0v) is 9.97. The van der Waals surface area contributed by atoms with E-state index in [1.807, 2.05) is 12.3 Å². The zero-order valence-electron chi connectivity index (χ0n) is 9.97. The van der Waals surface area contributed by atoms with Crippen LogP contribution in [0, 0.1) is 5.92 Å². The third-order valence-electron chi connectivity index (χ3n) is 3.67. The molecule has 1 aromatic rings.